The molecule has 1 saturated heterocycles. The molecule has 2 heterocycles. The van der Waals surface area contributed by atoms with Gasteiger partial charge in [0.2, 0.25) is 0 Å². The summed E-state index contributed by atoms with van der Waals surface area (Å²) in [5.74, 6) is 0.584. The van der Waals surface area contributed by atoms with E-state index < -0.39 is 0 Å². The van der Waals surface area contributed by atoms with Crippen LogP contribution in [0.25, 0.3) is 0 Å². The molecule has 0 spiro atoms. The van der Waals surface area contributed by atoms with E-state index in [4.69, 9.17) is 10.5 Å². The molecule has 0 saturated carbocycles. The van der Waals surface area contributed by atoms with Crippen LogP contribution < -0.4 is 10.6 Å². The van der Waals surface area contributed by atoms with Crippen LogP contribution in [0.1, 0.15) is 27.7 Å². The zero-order valence-corrected chi connectivity index (χ0v) is 11.0. The summed E-state index contributed by atoms with van der Waals surface area (Å²) in [7, 11) is 0. The SMILES string of the molecule is CC1(C)CN(c2cccnc2N)CC(C)(C)O1. The maximum atomic E-state index is 6.05. The maximum absolute atomic E-state index is 6.05. The first-order valence-electron chi connectivity index (χ1n) is 5.95. The minimum Gasteiger partial charge on any atom is -0.382 e. The minimum absolute atomic E-state index is 0.177. The van der Waals surface area contributed by atoms with Gasteiger partial charge in [0.15, 0.2) is 0 Å². The number of morpholine rings is 1. The summed E-state index contributed by atoms with van der Waals surface area (Å²) in [6, 6.07) is 3.93. The number of nitrogen functional groups attached to an aromatic ring is 1. The van der Waals surface area contributed by atoms with Crippen LogP contribution in [0.4, 0.5) is 11.5 Å². The number of anilines is 2. The molecule has 1 aromatic rings. The van der Waals surface area contributed by atoms with Crippen molar-refractivity contribution in [3.05, 3.63) is 18.3 Å². The van der Waals surface area contributed by atoms with Gasteiger partial charge in [-0.05, 0) is 39.8 Å². The molecule has 0 radical (unpaired) electrons. The molecule has 0 atom stereocenters. The summed E-state index contributed by atoms with van der Waals surface area (Å²) in [6.45, 7) is 10.1. The largest absolute Gasteiger partial charge is 0.382 e. The van der Waals surface area contributed by atoms with Crippen molar-refractivity contribution >= 4 is 11.5 Å². The Morgan fingerprint density at radius 2 is 1.82 bits per heavy atom. The lowest BCUT2D eigenvalue weighted by Crippen LogP contribution is -2.57. The van der Waals surface area contributed by atoms with Gasteiger partial charge in [-0.25, -0.2) is 4.98 Å². The highest BCUT2D eigenvalue weighted by molar-refractivity contribution is 5.63. The van der Waals surface area contributed by atoms with E-state index in [1.54, 1.807) is 6.20 Å². The predicted octanol–water partition coefficient (Wildman–Crippen LogP) is 2.06. The van der Waals surface area contributed by atoms with Crippen LogP contribution in [-0.2, 0) is 4.74 Å². The van der Waals surface area contributed by atoms with Crippen LogP contribution in [0.2, 0.25) is 0 Å². The van der Waals surface area contributed by atoms with Crippen molar-refractivity contribution in [2.24, 2.45) is 0 Å². The van der Waals surface area contributed by atoms with Crippen molar-refractivity contribution in [2.45, 2.75) is 38.9 Å². The third-order valence-electron chi connectivity index (χ3n) is 2.85. The Morgan fingerprint density at radius 1 is 1.24 bits per heavy atom. The van der Waals surface area contributed by atoms with Gasteiger partial charge in [-0.2, -0.15) is 0 Å². The molecule has 0 aromatic carbocycles. The van der Waals surface area contributed by atoms with Gasteiger partial charge in [-0.15, -0.1) is 0 Å². The molecule has 4 nitrogen and oxygen atoms in total. The first-order valence-corrected chi connectivity index (χ1v) is 5.95. The van der Waals surface area contributed by atoms with Crippen molar-refractivity contribution in [1.82, 2.24) is 4.98 Å². The summed E-state index contributed by atoms with van der Waals surface area (Å²) in [5.41, 5.74) is 6.58. The Kier molecular flexibility index (Phi) is 2.78. The molecule has 0 bridgehead atoms. The second-order valence-electron chi connectivity index (χ2n) is 5.89. The number of pyridine rings is 1. The fourth-order valence-electron chi connectivity index (χ4n) is 2.63. The lowest BCUT2D eigenvalue weighted by molar-refractivity contribution is -0.133. The van der Waals surface area contributed by atoms with Gasteiger partial charge in [0.05, 0.1) is 16.9 Å². The van der Waals surface area contributed by atoms with Crippen LogP contribution in [0.3, 0.4) is 0 Å². The molecule has 94 valence electrons. The van der Waals surface area contributed by atoms with Gasteiger partial charge in [0.1, 0.15) is 5.82 Å². The van der Waals surface area contributed by atoms with Crippen molar-refractivity contribution in [3.8, 4) is 0 Å². The molecule has 2 N–H and O–H groups in total. The maximum Gasteiger partial charge on any atom is 0.146 e. The van der Waals surface area contributed by atoms with E-state index >= 15 is 0 Å². The summed E-state index contributed by atoms with van der Waals surface area (Å²) in [5, 5.41) is 0. The standard InChI is InChI=1S/C13H21N3O/c1-12(2)8-16(9-13(3,4)17-12)10-6-5-7-15-11(10)14/h5-7H,8-9H2,1-4H3,(H2,14,15). The average Bonchev–Trinajstić information content (AvgIpc) is 2.13. The van der Waals surface area contributed by atoms with Crippen LogP contribution in [-0.4, -0.2) is 29.3 Å². The number of nitrogens with two attached hydrogens (primary N) is 1. The van der Waals surface area contributed by atoms with Crippen LogP contribution in [0.5, 0.6) is 0 Å². The topological polar surface area (TPSA) is 51.4 Å². The Balaban J connectivity index is 2.30. The molecule has 4 heteroatoms. The number of ether oxygens (including phenoxy) is 1. The first kappa shape index (κ1) is 12.2. The van der Waals surface area contributed by atoms with E-state index in [0.29, 0.717) is 5.82 Å². The van der Waals surface area contributed by atoms with E-state index in [1.165, 1.54) is 0 Å². The Bertz CT molecular complexity index is 399. The Hall–Kier alpha value is -1.29. The quantitative estimate of drug-likeness (QED) is 0.809. The average molecular weight is 235 g/mol. The molecule has 0 unspecified atom stereocenters. The highest BCUT2D eigenvalue weighted by atomic mass is 16.5. The third kappa shape index (κ3) is 2.69. The smallest absolute Gasteiger partial charge is 0.146 e. The number of rotatable bonds is 1. The zero-order chi connectivity index (χ0) is 12.7. The number of aromatic nitrogens is 1. The molecule has 1 aliphatic rings. The van der Waals surface area contributed by atoms with Gasteiger partial charge in [-0.3, -0.25) is 0 Å². The molecule has 1 aliphatic heterocycles. The summed E-state index contributed by atoms with van der Waals surface area (Å²) < 4.78 is 6.05. The van der Waals surface area contributed by atoms with E-state index in [2.05, 4.69) is 37.6 Å². The fraction of sp³-hybridized carbons (Fsp3) is 0.615. The summed E-state index contributed by atoms with van der Waals surface area (Å²) in [4.78, 5) is 6.40. The molecular weight excluding hydrogens is 214 g/mol. The number of nitrogens with zero attached hydrogens (tertiary/aromatic N) is 2. The van der Waals surface area contributed by atoms with Crippen molar-refractivity contribution in [2.75, 3.05) is 23.7 Å². The van der Waals surface area contributed by atoms with Crippen LogP contribution >= 0.6 is 0 Å². The summed E-state index contributed by atoms with van der Waals surface area (Å²) >= 11 is 0. The van der Waals surface area contributed by atoms with Crippen molar-refractivity contribution in [1.29, 1.82) is 0 Å². The first-order chi connectivity index (χ1) is 7.79. The highest BCUT2D eigenvalue weighted by Gasteiger charge is 2.38. The van der Waals surface area contributed by atoms with Gasteiger partial charge >= 0.3 is 0 Å². The van der Waals surface area contributed by atoms with E-state index in [0.717, 1.165) is 18.8 Å². The van der Waals surface area contributed by atoms with Crippen molar-refractivity contribution in [3.63, 3.8) is 0 Å². The monoisotopic (exact) mass is 235 g/mol. The van der Waals surface area contributed by atoms with E-state index in [1.807, 2.05) is 12.1 Å². The minimum atomic E-state index is -0.177. The zero-order valence-electron chi connectivity index (χ0n) is 11.0. The second-order valence-corrected chi connectivity index (χ2v) is 5.89. The fourth-order valence-corrected chi connectivity index (χ4v) is 2.63. The van der Waals surface area contributed by atoms with E-state index in [-0.39, 0.29) is 11.2 Å². The molecule has 17 heavy (non-hydrogen) atoms. The third-order valence-corrected chi connectivity index (χ3v) is 2.85. The second kappa shape index (κ2) is 3.88. The van der Waals surface area contributed by atoms with E-state index in [9.17, 15) is 0 Å². The van der Waals surface area contributed by atoms with Crippen LogP contribution in [0, 0.1) is 0 Å². The predicted molar refractivity (Wildman–Crippen MR) is 70.1 cm³/mol. The molecule has 1 fully saturated rings. The lowest BCUT2D eigenvalue weighted by Gasteiger charge is -2.48. The lowest BCUT2D eigenvalue weighted by atomic mass is 9.98. The Morgan fingerprint density at radius 3 is 2.35 bits per heavy atom. The highest BCUT2D eigenvalue weighted by Crippen LogP contribution is 2.32. The Labute approximate surface area is 103 Å². The molecule has 1 aromatic heterocycles. The van der Waals surface area contributed by atoms with Crippen molar-refractivity contribution < 1.29 is 4.74 Å². The van der Waals surface area contributed by atoms with Gasteiger partial charge in [-0.1, -0.05) is 0 Å². The summed E-state index contributed by atoms with van der Waals surface area (Å²) in [6.07, 6.45) is 1.72. The molecular formula is C13H21N3O. The van der Waals surface area contributed by atoms with Gasteiger partial charge < -0.3 is 15.4 Å². The number of hydrogen-bond donors (Lipinski definition) is 1. The van der Waals surface area contributed by atoms with Crippen LogP contribution in [0.15, 0.2) is 18.3 Å². The number of hydrogen-bond acceptors (Lipinski definition) is 4. The normalized spacial score (nSPS) is 22.5. The molecule has 2 rings (SSSR count). The van der Waals surface area contributed by atoms with Gasteiger partial charge in [0.25, 0.3) is 0 Å². The van der Waals surface area contributed by atoms with Gasteiger partial charge in [0, 0.05) is 19.3 Å². The molecule has 0 aliphatic carbocycles. The molecule has 0 amide bonds.